The average molecular weight is 601 g/mol. The molecule has 0 unspecified atom stereocenters. The molecule has 0 saturated heterocycles. The zero-order chi connectivity index (χ0) is 30.7. The number of nitrogens with zero attached hydrogens (tertiary/aromatic N) is 5. The normalized spacial score (nSPS) is 17.0. The van der Waals surface area contributed by atoms with E-state index < -0.39 is 0 Å². The van der Waals surface area contributed by atoms with Gasteiger partial charge in [-0.3, -0.25) is 4.57 Å². The summed E-state index contributed by atoms with van der Waals surface area (Å²) in [6.45, 7) is 2.41. The number of anilines is 1. The van der Waals surface area contributed by atoms with Crippen molar-refractivity contribution in [3.05, 3.63) is 70.4 Å². The van der Waals surface area contributed by atoms with Crippen LogP contribution in [0.5, 0.6) is 11.8 Å². The van der Waals surface area contributed by atoms with Crippen LogP contribution < -0.4 is 20.9 Å². The second kappa shape index (κ2) is 15.7. The molecule has 3 heterocycles. The summed E-state index contributed by atoms with van der Waals surface area (Å²) in [5, 5.41) is 0.942. The number of methoxy groups -OCH3 is 1. The number of benzene rings is 1. The number of ether oxygens (including phenoxy) is 2. The Morgan fingerprint density at radius 3 is 1.98 bits per heavy atom. The molecule has 2 fully saturated rings. The summed E-state index contributed by atoms with van der Waals surface area (Å²) in [7, 11) is 1.55. The third-order valence-corrected chi connectivity index (χ3v) is 8.99. The van der Waals surface area contributed by atoms with Crippen molar-refractivity contribution in [3.8, 4) is 11.8 Å². The Balaban J connectivity index is 0.000000187. The van der Waals surface area contributed by atoms with E-state index >= 15 is 0 Å². The topological polar surface area (TPSA) is 110 Å². The van der Waals surface area contributed by atoms with Crippen LogP contribution >= 0.6 is 0 Å². The van der Waals surface area contributed by atoms with Crippen molar-refractivity contribution in [2.45, 2.75) is 116 Å². The molecule has 2 aliphatic rings. The second-order valence-electron chi connectivity index (χ2n) is 12.2. The molecule has 9 heteroatoms. The van der Waals surface area contributed by atoms with Gasteiger partial charge in [-0.1, -0.05) is 94.5 Å². The summed E-state index contributed by atoms with van der Waals surface area (Å²) >= 11 is 0. The van der Waals surface area contributed by atoms with Gasteiger partial charge in [0.2, 0.25) is 17.7 Å². The lowest BCUT2D eigenvalue weighted by atomic mass is 9.96. The van der Waals surface area contributed by atoms with Crippen molar-refractivity contribution >= 4 is 17.0 Å². The van der Waals surface area contributed by atoms with Crippen LogP contribution in [0.3, 0.4) is 0 Å². The lowest BCUT2D eigenvalue weighted by molar-refractivity contribution is 0.298. The number of nitrogen functional groups attached to an aromatic ring is 1. The molecule has 0 amide bonds. The highest BCUT2D eigenvalue weighted by atomic mass is 16.5. The number of hydrogen-bond donors (Lipinski definition) is 1. The lowest BCUT2D eigenvalue weighted by Crippen LogP contribution is -2.28. The van der Waals surface area contributed by atoms with Gasteiger partial charge in [-0.05, 0) is 44.2 Å². The van der Waals surface area contributed by atoms with Crippen LogP contribution in [0.15, 0.2) is 53.6 Å². The summed E-state index contributed by atoms with van der Waals surface area (Å²) in [6, 6.07) is 13.0. The fraction of sp³-hybridized carbons (Fsp3) is 0.543. The van der Waals surface area contributed by atoms with Gasteiger partial charge in [0.05, 0.1) is 12.5 Å². The van der Waals surface area contributed by atoms with Crippen molar-refractivity contribution in [2.75, 3.05) is 12.8 Å². The van der Waals surface area contributed by atoms with Gasteiger partial charge < -0.3 is 19.8 Å². The minimum atomic E-state index is -0.178. The van der Waals surface area contributed by atoms with Crippen LogP contribution in [-0.4, -0.2) is 31.2 Å². The van der Waals surface area contributed by atoms with E-state index in [4.69, 9.17) is 15.2 Å². The van der Waals surface area contributed by atoms with Crippen molar-refractivity contribution in [1.82, 2.24) is 24.1 Å². The van der Waals surface area contributed by atoms with E-state index in [1.807, 2.05) is 48.0 Å². The van der Waals surface area contributed by atoms with Gasteiger partial charge in [0, 0.05) is 30.0 Å². The molecule has 236 valence electrons. The summed E-state index contributed by atoms with van der Waals surface area (Å²) in [5.41, 5.74) is 8.75. The molecular formula is C35H48N6O3. The van der Waals surface area contributed by atoms with E-state index in [-0.39, 0.29) is 11.6 Å². The first-order chi connectivity index (χ1) is 21.5. The first-order valence-electron chi connectivity index (χ1n) is 16.5. The van der Waals surface area contributed by atoms with E-state index in [1.54, 1.807) is 7.11 Å². The summed E-state index contributed by atoms with van der Waals surface area (Å²) in [6.07, 6.45) is 21.5. The van der Waals surface area contributed by atoms with Crippen LogP contribution in [-0.2, 0) is 6.61 Å². The number of rotatable bonds is 6. The number of hydrogen-bond acceptors (Lipinski definition) is 7. The molecule has 0 atom stereocenters. The Bertz CT molecular complexity index is 1520. The predicted molar refractivity (Wildman–Crippen MR) is 175 cm³/mol. The Labute approximate surface area is 260 Å². The number of aryl methyl sites for hydroxylation is 1. The smallest absolute Gasteiger partial charge is 0.351 e. The number of nitrogens with two attached hydrogens (primary N) is 1. The van der Waals surface area contributed by atoms with Crippen LogP contribution in [0.25, 0.3) is 11.0 Å². The fourth-order valence-corrected chi connectivity index (χ4v) is 6.60. The van der Waals surface area contributed by atoms with Gasteiger partial charge in [-0.2, -0.15) is 15.0 Å². The molecule has 9 nitrogen and oxygen atoms in total. The maximum Gasteiger partial charge on any atom is 0.351 e. The maximum atomic E-state index is 12.0. The molecule has 0 spiro atoms. The van der Waals surface area contributed by atoms with Crippen molar-refractivity contribution in [2.24, 2.45) is 0 Å². The monoisotopic (exact) mass is 600 g/mol. The van der Waals surface area contributed by atoms with Crippen LogP contribution in [0.1, 0.15) is 113 Å². The molecule has 0 radical (unpaired) electrons. The molecule has 2 saturated carbocycles. The van der Waals surface area contributed by atoms with E-state index in [9.17, 15) is 4.79 Å². The molecule has 3 aromatic heterocycles. The van der Waals surface area contributed by atoms with Gasteiger partial charge in [-0.15, -0.1) is 0 Å². The van der Waals surface area contributed by atoms with Crippen molar-refractivity contribution in [1.29, 1.82) is 0 Å². The van der Waals surface area contributed by atoms with E-state index in [0.29, 0.717) is 30.5 Å². The highest BCUT2D eigenvalue weighted by molar-refractivity contribution is 5.82. The van der Waals surface area contributed by atoms with Crippen LogP contribution in [0, 0.1) is 6.92 Å². The fourth-order valence-electron chi connectivity index (χ4n) is 6.60. The van der Waals surface area contributed by atoms with Crippen molar-refractivity contribution in [3.63, 3.8) is 0 Å². The van der Waals surface area contributed by atoms with Gasteiger partial charge >= 0.3 is 5.69 Å². The Morgan fingerprint density at radius 1 is 0.773 bits per heavy atom. The first-order valence-corrected chi connectivity index (χ1v) is 16.5. The maximum absolute atomic E-state index is 12.0. The van der Waals surface area contributed by atoms with Gasteiger partial charge in [0.25, 0.3) is 0 Å². The summed E-state index contributed by atoms with van der Waals surface area (Å²) in [5.74, 6) is 1.29. The third kappa shape index (κ3) is 8.18. The van der Waals surface area contributed by atoms with E-state index in [1.165, 1.54) is 77.0 Å². The molecule has 2 N–H and O–H groups in total. The van der Waals surface area contributed by atoms with E-state index in [2.05, 4.69) is 31.8 Å². The lowest BCUT2D eigenvalue weighted by Gasteiger charge is -2.22. The van der Waals surface area contributed by atoms with Crippen molar-refractivity contribution < 1.29 is 9.47 Å². The van der Waals surface area contributed by atoms with Gasteiger partial charge in [-0.25, -0.2) is 4.79 Å². The summed E-state index contributed by atoms with van der Waals surface area (Å²) in [4.78, 5) is 24.9. The molecule has 4 aromatic rings. The Hall–Kier alpha value is -3.88. The van der Waals surface area contributed by atoms with Gasteiger partial charge in [0.15, 0.2) is 0 Å². The minimum Gasteiger partial charge on any atom is -0.481 e. The summed E-state index contributed by atoms with van der Waals surface area (Å²) < 4.78 is 15.2. The highest BCUT2D eigenvalue weighted by Crippen LogP contribution is 2.33. The molecule has 6 rings (SSSR count). The highest BCUT2D eigenvalue weighted by Gasteiger charge is 2.19. The van der Waals surface area contributed by atoms with Crippen LogP contribution in [0.4, 0.5) is 5.95 Å². The molecule has 44 heavy (non-hydrogen) atoms. The third-order valence-electron chi connectivity index (χ3n) is 8.99. The Morgan fingerprint density at radius 2 is 1.36 bits per heavy atom. The largest absolute Gasteiger partial charge is 0.481 e. The standard InChI is InChI=1S/C21H26N4O.C14H22N2O2/c22-21-23-19-18(20(24-21)26-15-16-9-5-4-6-10-16)13-14-25(19)17-11-7-2-1-3-8-12-17;1-11-10-16(14(17)15-13(11)18-2)12-8-6-4-3-5-7-9-12/h4-6,9-10,13-14,17H,1-3,7-8,11-12,15H2,(H2,22,23,24);10,12H,3-9H2,1-2H3. The first kappa shape index (κ1) is 31.5. The van der Waals surface area contributed by atoms with Crippen LogP contribution in [0.2, 0.25) is 0 Å². The number of aromatic nitrogens is 5. The molecule has 1 aromatic carbocycles. The molecule has 0 aliphatic heterocycles. The van der Waals surface area contributed by atoms with Gasteiger partial charge in [0.1, 0.15) is 12.3 Å². The zero-order valence-electron chi connectivity index (χ0n) is 26.4. The second-order valence-corrected chi connectivity index (χ2v) is 12.2. The van der Waals surface area contributed by atoms with E-state index in [0.717, 1.165) is 35.0 Å². The quantitative estimate of drug-likeness (QED) is 0.241. The SMILES string of the molecule is COc1nc(=O)n(C2CCCCCCC2)cc1C.Nc1nc(OCc2ccccc2)c2ccn(C3CCCCCCC3)c2n1. The predicted octanol–water partition coefficient (Wildman–Crippen LogP) is 7.72. The Kier molecular flexibility index (Phi) is 11.3. The molecule has 0 bridgehead atoms. The zero-order valence-corrected chi connectivity index (χ0v) is 26.4. The number of fused-ring (bicyclic) bond motifs is 1. The molecule has 2 aliphatic carbocycles. The molecular weight excluding hydrogens is 552 g/mol. The minimum absolute atomic E-state index is 0.178. The average Bonchev–Trinajstić information content (AvgIpc) is 3.41.